The Labute approximate surface area is 133 Å². The number of carbonyl (C=O) groups is 1. The molecule has 2 rings (SSSR count). The zero-order valence-electron chi connectivity index (χ0n) is 13.4. The average Bonchev–Trinajstić information content (AvgIpc) is 2.99. The first-order valence-corrected chi connectivity index (χ1v) is 7.30. The Morgan fingerprint density at radius 1 is 1.48 bits per heavy atom. The minimum absolute atomic E-state index is 0.179. The van der Waals surface area contributed by atoms with Crippen LogP contribution in [0.15, 0.2) is 21.7 Å². The van der Waals surface area contributed by atoms with E-state index in [1.807, 2.05) is 13.8 Å². The second-order valence-corrected chi connectivity index (χ2v) is 5.44. The van der Waals surface area contributed by atoms with Gasteiger partial charge in [-0.25, -0.2) is 9.78 Å². The third-order valence-corrected chi connectivity index (χ3v) is 3.15. The number of aromatic amines is 1. The molecule has 0 bridgehead atoms. The van der Waals surface area contributed by atoms with E-state index in [0.29, 0.717) is 30.4 Å². The number of rotatable bonds is 6. The van der Waals surface area contributed by atoms with Crippen LogP contribution in [0.4, 0.5) is 4.79 Å². The molecule has 0 aliphatic rings. The van der Waals surface area contributed by atoms with E-state index >= 15 is 0 Å². The summed E-state index contributed by atoms with van der Waals surface area (Å²) < 4.78 is 5.11. The summed E-state index contributed by atoms with van der Waals surface area (Å²) in [5, 5.41) is 6.57. The smallest absolute Gasteiger partial charge is 0.317 e. The molecule has 2 aromatic heterocycles. The summed E-state index contributed by atoms with van der Waals surface area (Å²) in [7, 11) is 1.67. The summed E-state index contributed by atoms with van der Waals surface area (Å²) in [6.45, 7) is 4.58. The van der Waals surface area contributed by atoms with Gasteiger partial charge in [-0.15, -0.1) is 0 Å². The number of hydrogen-bond donors (Lipinski definition) is 2. The molecule has 2 N–H and O–H groups in total. The molecule has 0 unspecified atom stereocenters. The van der Waals surface area contributed by atoms with Crippen LogP contribution in [0.3, 0.4) is 0 Å². The molecule has 2 aromatic rings. The number of amides is 2. The van der Waals surface area contributed by atoms with Crippen LogP contribution < -0.4 is 10.9 Å². The second kappa shape index (κ2) is 7.52. The molecule has 0 fully saturated rings. The van der Waals surface area contributed by atoms with Crippen LogP contribution >= 0.6 is 0 Å². The Balaban J connectivity index is 1.79. The number of aromatic nitrogens is 4. The van der Waals surface area contributed by atoms with Crippen LogP contribution in [0, 0.1) is 0 Å². The Morgan fingerprint density at radius 3 is 2.91 bits per heavy atom. The van der Waals surface area contributed by atoms with E-state index in [-0.39, 0.29) is 24.1 Å². The molecule has 0 radical (unpaired) electrons. The predicted molar refractivity (Wildman–Crippen MR) is 81.8 cm³/mol. The number of H-pyrrole nitrogens is 1. The highest BCUT2D eigenvalue weighted by molar-refractivity contribution is 5.73. The highest BCUT2D eigenvalue weighted by Gasteiger charge is 2.13. The zero-order valence-corrected chi connectivity index (χ0v) is 13.4. The molecule has 9 heteroatoms. The van der Waals surface area contributed by atoms with Crippen LogP contribution in [0.2, 0.25) is 0 Å². The van der Waals surface area contributed by atoms with Crippen LogP contribution in [0.5, 0.6) is 0 Å². The number of hydrogen-bond acceptors (Lipinski definition) is 6. The Kier molecular flexibility index (Phi) is 5.45. The third-order valence-electron chi connectivity index (χ3n) is 3.15. The topological polar surface area (TPSA) is 117 Å². The summed E-state index contributed by atoms with van der Waals surface area (Å²) in [4.78, 5) is 35.3. The first-order valence-electron chi connectivity index (χ1n) is 7.30. The summed E-state index contributed by atoms with van der Waals surface area (Å²) in [5.74, 6) is 1.34. The summed E-state index contributed by atoms with van der Waals surface area (Å²) in [6.07, 6.45) is 1.81. The lowest BCUT2D eigenvalue weighted by molar-refractivity contribution is 0.208. The van der Waals surface area contributed by atoms with Gasteiger partial charge in [-0.2, -0.15) is 4.98 Å². The van der Waals surface area contributed by atoms with Crippen LogP contribution in [0.1, 0.15) is 37.2 Å². The van der Waals surface area contributed by atoms with E-state index in [9.17, 15) is 9.59 Å². The van der Waals surface area contributed by atoms with E-state index in [4.69, 9.17) is 4.52 Å². The van der Waals surface area contributed by atoms with Crippen LogP contribution in [-0.2, 0) is 13.0 Å². The summed E-state index contributed by atoms with van der Waals surface area (Å²) in [5.41, 5.74) is 0.242. The van der Waals surface area contributed by atoms with Gasteiger partial charge < -0.3 is 19.7 Å². The Bertz CT molecular complexity index is 708. The second-order valence-electron chi connectivity index (χ2n) is 5.44. The minimum Gasteiger partial charge on any atom is -0.339 e. The van der Waals surface area contributed by atoms with E-state index in [1.165, 1.54) is 17.3 Å². The lowest BCUT2D eigenvalue weighted by Crippen LogP contribution is -2.38. The lowest BCUT2D eigenvalue weighted by Gasteiger charge is -2.16. The normalized spacial score (nSPS) is 10.8. The maximum absolute atomic E-state index is 12.0. The van der Waals surface area contributed by atoms with Gasteiger partial charge in [-0.3, -0.25) is 4.79 Å². The number of likely N-dealkylation sites (N-methyl/N-ethyl adjacent to an activating group) is 1. The molecule has 2 amide bonds. The van der Waals surface area contributed by atoms with Crippen molar-refractivity contribution in [2.45, 2.75) is 32.7 Å². The van der Waals surface area contributed by atoms with Crippen LogP contribution in [-0.4, -0.2) is 44.6 Å². The monoisotopic (exact) mass is 320 g/mol. The molecule has 0 aliphatic heterocycles. The quantitative estimate of drug-likeness (QED) is 0.807. The molecule has 0 saturated heterocycles. The number of urea groups is 1. The molecule has 2 heterocycles. The SMILES string of the molecule is CC(C)c1nc(CCN(C)C(=O)NCc2cc(=O)[nH]cn2)no1. The van der Waals surface area contributed by atoms with Crippen molar-refractivity contribution in [2.24, 2.45) is 0 Å². The van der Waals surface area contributed by atoms with Crippen molar-refractivity contribution < 1.29 is 9.32 Å². The van der Waals surface area contributed by atoms with Gasteiger partial charge in [0.1, 0.15) is 0 Å². The Morgan fingerprint density at radius 2 is 2.26 bits per heavy atom. The maximum Gasteiger partial charge on any atom is 0.317 e. The Hall–Kier alpha value is -2.71. The molecule has 124 valence electrons. The van der Waals surface area contributed by atoms with Crippen molar-refractivity contribution in [3.63, 3.8) is 0 Å². The van der Waals surface area contributed by atoms with Gasteiger partial charge in [0.15, 0.2) is 5.82 Å². The molecule has 0 aliphatic carbocycles. The predicted octanol–water partition coefficient (Wildman–Crippen LogP) is 0.660. The van der Waals surface area contributed by atoms with E-state index in [1.54, 1.807) is 7.05 Å². The number of nitrogens with one attached hydrogen (secondary N) is 2. The fraction of sp³-hybridized carbons (Fsp3) is 0.500. The van der Waals surface area contributed by atoms with Gasteiger partial charge in [-0.1, -0.05) is 19.0 Å². The number of carbonyl (C=O) groups excluding carboxylic acids is 1. The summed E-state index contributed by atoms with van der Waals surface area (Å²) in [6, 6.07) is 1.08. The third kappa shape index (κ3) is 4.90. The van der Waals surface area contributed by atoms with Gasteiger partial charge in [0.05, 0.1) is 18.6 Å². The molecular weight excluding hydrogens is 300 g/mol. The van der Waals surface area contributed by atoms with Crippen LogP contribution in [0.25, 0.3) is 0 Å². The van der Waals surface area contributed by atoms with Gasteiger partial charge in [0, 0.05) is 32.0 Å². The van der Waals surface area contributed by atoms with Gasteiger partial charge in [0.2, 0.25) is 5.89 Å². The van der Waals surface area contributed by atoms with Crippen molar-refractivity contribution in [3.05, 3.63) is 40.2 Å². The molecule has 9 nitrogen and oxygen atoms in total. The zero-order chi connectivity index (χ0) is 16.8. The van der Waals surface area contributed by atoms with E-state index < -0.39 is 0 Å². The standard InChI is InChI=1S/C14H20N6O3/c1-9(2)13-18-11(19-23-13)4-5-20(3)14(22)15-7-10-6-12(21)17-8-16-10/h6,8-9H,4-5,7H2,1-3H3,(H,15,22)(H,16,17,21). The molecule has 0 aromatic carbocycles. The van der Waals surface area contributed by atoms with Crippen molar-refractivity contribution in [1.29, 1.82) is 0 Å². The average molecular weight is 320 g/mol. The lowest BCUT2D eigenvalue weighted by atomic mass is 10.2. The van der Waals surface area contributed by atoms with Crippen molar-refractivity contribution >= 4 is 6.03 Å². The van der Waals surface area contributed by atoms with E-state index in [0.717, 1.165) is 0 Å². The van der Waals surface area contributed by atoms with Gasteiger partial charge in [0.25, 0.3) is 5.56 Å². The largest absolute Gasteiger partial charge is 0.339 e. The van der Waals surface area contributed by atoms with Gasteiger partial charge in [-0.05, 0) is 0 Å². The minimum atomic E-state index is -0.264. The van der Waals surface area contributed by atoms with Gasteiger partial charge >= 0.3 is 6.03 Å². The molecule has 0 spiro atoms. The van der Waals surface area contributed by atoms with Crippen molar-refractivity contribution in [2.75, 3.05) is 13.6 Å². The first kappa shape index (κ1) is 16.7. The fourth-order valence-corrected chi connectivity index (χ4v) is 1.78. The fourth-order valence-electron chi connectivity index (χ4n) is 1.78. The van der Waals surface area contributed by atoms with Crippen molar-refractivity contribution in [1.82, 2.24) is 30.3 Å². The highest BCUT2D eigenvalue weighted by atomic mass is 16.5. The molecule has 0 atom stereocenters. The maximum atomic E-state index is 12.0. The highest BCUT2D eigenvalue weighted by Crippen LogP contribution is 2.11. The molecular formula is C14H20N6O3. The number of nitrogens with zero attached hydrogens (tertiary/aromatic N) is 4. The first-order chi connectivity index (χ1) is 11.0. The van der Waals surface area contributed by atoms with E-state index in [2.05, 4.69) is 25.4 Å². The summed E-state index contributed by atoms with van der Waals surface area (Å²) >= 11 is 0. The molecule has 0 saturated carbocycles. The van der Waals surface area contributed by atoms with Crippen molar-refractivity contribution in [3.8, 4) is 0 Å². The molecule has 23 heavy (non-hydrogen) atoms.